The molecule has 0 bridgehead atoms. The highest BCUT2D eigenvalue weighted by atomic mass is 16.4. The zero-order valence-corrected chi connectivity index (χ0v) is 14.6. The molecule has 7 heteroatoms. The van der Waals surface area contributed by atoms with E-state index in [4.69, 9.17) is 5.11 Å². The van der Waals surface area contributed by atoms with Crippen LogP contribution in [0.1, 0.15) is 25.8 Å². The number of amides is 2. The Hall–Kier alpha value is -3.40. The van der Waals surface area contributed by atoms with Crippen molar-refractivity contribution in [1.29, 1.82) is 5.26 Å². The van der Waals surface area contributed by atoms with Gasteiger partial charge < -0.3 is 15.7 Å². The monoisotopic (exact) mass is 352 g/mol. The normalized spacial score (nSPS) is 12.5. The van der Waals surface area contributed by atoms with Gasteiger partial charge in [-0.15, -0.1) is 0 Å². The molecule has 0 saturated heterocycles. The molecule has 2 rings (SSSR count). The fraction of sp³-hybridized carbons (Fsp3) is 0.263. The van der Waals surface area contributed by atoms with E-state index in [1.165, 1.54) is 0 Å². The van der Waals surface area contributed by atoms with Gasteiger partial charge in [-0.1, -0.05) is 13.0 Å². The minimum Gasteiger partial charge on any atom is -0.465 e. The predicted octanol–water partition coefficient (Wildman–Crippen LogP) is 3.24. The van der Waals surface area contributed by atoms with Gasteiger partial charge in [-0.3, -0.25) is 9.78 Å². The highest BCUT2D eigenvalue weighted by Crippen LogP contribution is 2.25. The average molecular weight is 352 g/mol. The lowest BCUT2D eigenvalue weighted by Gasteiger charge is -2.17. The van der Waals surface area contributed by atoms with Crippen molar-refractivity contribution in [3.05, 3.63) is 48.3 Å². The average Bonchev–Trinajstić information content (AvgIpc) is 2.61. The molecule has 26 heavy (non-hydrogen) atoms. The number of hydrogen-bond acceptors (Lipinski definition) is 4. The first-order valence-electron chi connectivity index (χ1n) is 8.15. The van der Waals surface area contributed by atoms with Gasteiger partial charge >= 0.3 is 6.09 Å². The number of nitriles is 1. The molecular formula is C19H20N4O3. The maximum Gasteiger partial charge on any atom is 0.404 e. The molecular weight excluding hydrogens is 332 g/mol. The molecule has 1 aromatic heterocycles. The summed E-state index contributed by atoms with van der Waals surface area (Å²) in [5, 5.41) is 23.2. The van der Waals surface area contributed by atoms with Crippen LogP contribution >= 0.6 is 0 Å². The number of pyridine rings is 1. The van der Waals surface area contributed by atoms with Gasteiger partial charge in [0.2, 0.25) is 5.91 Å². The van der Waals surface area contributed by atoms with Crippen LogP contribution < -0.4 is 10.6 Å². The second-order valence-electron chi connectivity index (χ2n) is 6.08. The number of benzene rings is 1. The topological polar surface area (TPSA) is 115 Å². The lowest BCUT2D eigenvalue weighted by atomic mass is 10.0. The van der Waals surface area contributed by atoms with E-state index in [0.29, 0.717) is 17.7 Å². The maximum atomic E-state index is 12.4. The van der Waals surface area contributed by atoms with Crippen molar-refractivity contribution in [1.82, 2.24) is 10.3 Å². The van der Waals surface area contributed by atoms with E-state index in [1.807, 2.05) is 18.2 Å². The Morgan fingerprint density at radius 3 is 2.50 bits per heavy atom. The Balaban J connectivity index is 2.10. The Morgan fingerprint density at radius 2 is 1.88 bits per heavy atom. The van der Waals surface area contributed by atoms with E-state index >= 15 is 0 Å². The third-order valence-corrected chi connectivity index (χ3v) is 3.94. The van der Waals surface area contributed by atoms with Gasteiger partial charge in [0.05, 0.1) is 11.3 Å². The van der Waals surface area contributed by atoms with Crippen molar-refractivity contribution in [3.63, 3.8) is 0 Å². The predicted molar refractivity (Wildman–Crippen MR) is 97.4 cm³/mol. The Bertz CT molecular complexity index is 830. The molecule has 0 aliphatic rings. The number of aromatic nitrogens is 1. The van der Waals surface area contributed by atoms with Crippen molar-refractivity contribution in [2.45, 2.75) is 26.3 Å². The Morgan fingerprint density at radius 1 is 1.19 bits per heavy atom. The molecule has 0 aliphatic carbocycles. The van der Waals surface area contributed by atoms with Crippen LogP contribution in [0.4, 0.5) is 10.5 Å². The van der Waals surface area contributed by atoms with Crippen LogP contribution in [0.3, 0.4) is 0 Å². The van der Waals surface area contributed by atoms with Crippen molar-refractivity contribution >= 4 is 17.7 Å². The number of nitrogens with one attached hydrogen (secondary N) is 2. The van der Waals surface area contributed by atoms with Crippen molar-refractivity contribution in [3.8, 4) is 17.2 Å². The summed E-state index contributed by atoms with van der Waals surface area (Å²) in [6.07, 6.45) is 2.58. The molecule has 0 radical (unpaired) electrons. The van der Waals surface area contributed by atoms with Crippen molar-refractivity contribution < 1.29 is 14.7 Å². The standard InChI is InChI=1S/C19H20N4O3/c1-12(9-13(2)22-19(25)26)18(24)23-17-4-3-15(10-16(17)11-20)14-5-7-21-8-6-14/h3-8,10,12-13,22H,9H2,1-2H3,(H,23,24)(H,25,26). The first-order chi connectivity index (χ1) is 12.4. The largest absolute Gasteiger partial charge is 0.465 e. The molecule has 2 aromatic rings. The molecule has 0 saturated carbocycles. The number of hydrogen-bond donors (Lipinski definition) is 3. The Kier molecular flexibility index (Phi) is 6.28. The summed E-state index contributed by atoms with van der Waals surface area (Å²) >= 11 is 0. The van der Waals surface area contributed by atoms with Crippen LogP contribution in [0.25, 0.3) is 11.1 Å². The van der Waals surface area contributed by atoms with Gasteiger partial charge in [-0.2, -0.15) is 5.26 Å². The third-order valence-electron chi connectivity index (χ3n) is 3.94. The molecule has 0 spiro atoms. The number of anilines is 1. The lowest BCUT2D eigenvalue weighted by Crippen LogP contribution is -2.34. The minimum absolute atomic E-state index is 0.266. The van der Waals surface area contributed by atoms with Gasteiger partial charge in [-0.25, -0.2) is 4.79 Å². The van der Waals surface area contributed by atoms with E-state index in [9.17, 15) is 14.9 Å². The molecule has 2 atom stereocenters. The molecule has 1 heterocycles. The SMILES string of the molecule is CC(CC(C)C(=O)Nc1ccc(-c2ccncc2)cc1C#N)NC(=O)O. The highest BCUT2D eigenvalue weighted by Gasteiger charge is 2.18. The Labute approximate surface area is 151 Å². The zero-order valence-electron chi connectivity index (χ0n) is 14.6. The molecule has 7 nitrogen and oxygen atoms in total. The summed E-state index contributed by atoms with van der Waals surface area (Å²) < 4.78 is 0. The van der Waals surface area contributed by atoms with Crippen LogP contribution in [-0.2, 0) is 4.79 Å². The van der Waals surface area contributed by atoms with E-state index in [0.717, 1.165) is 11.1 Å². The second kappa shape index (κ2) is 8.62. The molecule has 1 aromatic carbocycles. The van der Waals surface area contributed by atoms with E-state index in [1.54, 1.807) is 38.4 Å². The van der Waals surface area contributed by atoms with E-state index < -0.39 is 12.0 Å². The van der Waals surface area contributed by atoms with Crippen molar-refractivity contribution in [2.75, 3.05) is 5.32 Å². The number of carboxylic acid groups (broad SMARTS) is 1. The minimum atomic E-state index is -1.12. The summed E-state index contributed by atoms with van der Waals surface area (Å²) in [5.74, 6) is -0.680. The first kappa shape index (κ1) is 18.9. The van der Waals surface area contributed by atoms with E-state index in [2.05, 4.69) is 21.7 Å². The summed E-state index contributed by atoms with van der Waals surface area (Å²) in [4.78, 5) is 27.0. The summed E-state index contributed by atoms with van der Waals surface area (Å²) in [6.45, 7) is 3.41. The fourth-order valence-corrected chi connectivity index (χ4v) is 2.63. The van der Waals surface area contributed by atoms with Crippen LogP contribution in [0.15, 0.2) is 42.7 Å². The molecule has 0 fully saturated rings. The third kappa shape index (κ3) is 5.05. The van der Waals surface area contributed by atoms with Crippen LogP contribution in [0.2, 0.25) is 0 Å². The van der Waals surface area contributed by atoms with Gasteiger partial charge in [0.1, 0.15) is 6.07 Å². The molecule has 2 unspecified atom stereocenters. The number of carbonyl (C=O) groups excluding carboxylic acids is 1. The molecule has 3 N–H and O–H groups in total. The van der Waals surface area contributed by atoms with Gasteiger partial charge in [-0.05, 0) is 48.7 Å². The number of rotatable bonds is 6. The highest BCUT2D eigenvalue weighted by molar-refractivity contribution is 5.94. The summed E-state index contributed by atoms with van der Waals surface area (Å²) in [6, 6.07) is 10.7. The quantitative estimate of drug-likeness (QED) is 0.738. The van der Waals surface area contributed by atoms with Gasteiger partial charge in [0.15, 0.2) is 0 Å². The van der Waals surface area contributed by atoms with Gasteiger partial charge in [0.25, 0.3) is 0 Å². The zero-order chi connectivity index (χ0) is 19.1. The molecule has 0 aliphatic heterocycles. The summed E-state index contributed by atoms with van der Waals surface area (Å²) in [7, 11) is 0. The smallest absolute Gasteiger partial charge is 0.404 e. The van der Waals surface area contributed by atoms with Crippen LogP contribution in [0, 0.1) is 17.2 Å². The fourth-order valence-electron chi connectivity index (χ4n) is 2.63. The second-order valence-corrected chi connectivity index (χ2v) is 6.08. The van der Waals surface area contributed by atoms with Crippen LogP contribution in [0.5, 0.6) is 0 Å². The van der Waals surface area contributed by atoms with Crippen LogP contribution in [-0.4, -0.2) is 28.1 Å². The molecule has 2 amide bonds. The van der Waals surface area contributed by atoms with Gasteiger partial charge in [0, 0.05) is 24.4 Å². The maximum absolute atomic E-state index is 12.4. The number of carbonyl (C=O) groups is 2. The van der Waals surface area contributed by atoms with Crippen molar-refractivity contribution in [2.24, 2.45) is 5.92 Å². The van der Waals surface area contributed by atoms with E-state index in [-0.39, 0.29) is 11.9 Å². The summed E-state index contributed by atoms with van der Waals surface area (Å²) in [5.41, 5.74) is 2.57. The first-order valence-corrected chi connectivity index (χ1v) is 8.15. The molecule has 134 valence electrons. The lowest BCUT2D eigenvalue weighted by molar-refractivity contribution is -0.119. The number of nitrogens with zero attached hydrogens (tertiary/aromatic N) is 2.